The summed E-state index contributed by atoms with van der Waals surface area (Å²) in [5, 5.41) is 3.44. The number of nitrogens with zero attached hydrogens (tertiary/aromatic N) is 1. The minimum Gasteiger partial charge on any atom is -0.339 e. The van der Waals surface area contributed by atoms with Gasteiger partial charge in [0.25, 0.3) is 0 Å². The number of piperazine rings is 1. The fourth-order valence-corrected chi connectivity index (χ4v) is 2.59. The van der Waals surface area contributed by atoms with E-state index in [2.05, 4.69) is 17.1 Å². The lowest BCUT2D eigenvalue weighted by Crippen LogP contribution is -2.67. The summed E-state index contributed by atoms with van der Waals surface area (Å²) in [6.45, 7) is 4.09. The summed E-state index contributed by atoms with van der Waals surface area (Å²) in [5.41, 5.74) is 0. The molecular formula is C10H16N2O. The van der Waals surface area contributed by atoms with E-state index in [1.54, 1.807) is 0 Å². The van der Waals surface area contributed by atoms with Crippen LogP contribution in [0.25, 0.3) is 0 Å². The molecule has 4 fully saturated rings. The molecule has 4 atom stereocenters. The van der Waals surface area contributed by atoms with Gasteiger partial charge in [0.2, 0.25) is 5.91 Å². The van der Waals surface area contributed by atoms with Crippen molar-refractivity contribution in [1.82, 2.24) is 10.2 Å². The smallest absolute Gasteiger partial charge is 0.226 e. The molecule has 3 aliphatic heterocycles. The Balaban J connectivity index is 1.63. The standard InChI is InChI=1S/C10H16N2O/c1-6-2-9(6)10(13)12-4-7-3-8(5-12)11-7/h6-9,11H,2-5H2,1H3/t6-,7-,8+,9-/m1/s1. The van der Waals surface area contributed by atoms with Gasteiger partial charge in [-0.15, -0.1) is 0 Å². The Morgan fingerprint density at radius 1 is 1.31 bits per heavy atom. The first-order valence-corrected chi connectivity index (χ1v) is 5.29. The van der Waals surface area contributed by atoms with E-state index in [-0.39, 0.29) is 0 Å². The minimum absolute atomic E-state index is 0.373. The Morgan fingerprint density at radius 2 is 1.85 bits per heavy atom. The number of rotatable bonds is 1. The van der Waals surface area contributed by atoms with E-state index < -0.39 is 0 Å². The van der Waals surface area contributed by atoms with Gasteiger partial charge in [-0.1, -0.05) is 6.92 Å². The summed E-state index contributed by atoms with van der Waals surface area (Å²) in [4.78, 5) is 13.9. The van der Waals surface area contributed by atoms with Crippen molar-refractivity contribution in [1.29, 1.82) is 0 Å². The molecule has 3 saturated heterocycles. The van der Waals surface area contributed by atoms with Gasteiger partial charge in [0.05, 0.1) is 0 Å². The van der Waals surface area contributed by atoms with Gasteiger partial charge in [-0.05, 0) is 18.8 Å². The van der Waals surface area contributed by atoms with Gasteiger partial charge >= 0.3 is 0 Å². The highest BCUT2D eigenvalue weighted by Gasteiger charge is 2.45. The Labute approximate surface area is 78.5 Å². The molecule has 0 spiro atoms. The summed E-state index contributed by atoms with van der Waals surface area (Å²) in [5.74, 6) is 1.44. The second-order valence-corrected chi connectivity index (χ2v) is 4.86. The molecule has 2 bridgehead atoms. The highest BCUT2D eigenvalue weighted by atomic mass is 16.2. The number of nitrogens with one attached hydrogen (secondary N) is 1. The Bertz CT molecular complexity index is 237. The predicted molar refractivity (Wildman–Crippen MR) is 49.2 cm³/mol. The molecule has 1 amide bonds. The van der Waals surface area contributed by atoms with Gasteiger partial charge in [-0.2, -0.15) is 0 Å². The van der Waals surface area contributed by atoms with E-state index in [4.69, 9.17) is 0 Å². The first-order chi connectivity index (χ1) is 6.24. The van der Waals surface area contributed by atoms with Crippen LogP contribution in [0.3, 0.4) is 0 Å². The van der Waals surface area contributed by atoms with Crippen molar-refractivity contribution in [2.45, 2.75) is 31.8 Å². The summed E-state index contributed by atoms with van der Waals surface area (Å²) in [6, 6.07) is 1.22. The number of amides is 1. The maximum absolute atomic E-state index is 11.8. The lowest BCUT2D eigenvalue weighted by molar-refractivity contribution is -0.137. The van der Waals surface area contributed by atoms with Crippen LogP contribution < -0.4 is 5.32 Å². The molecule has 3 heteroatoms. The molecule has 1 aliphatic carbocycles. The van der Waals surface area contributed by atoms with Gasteiger partial charge < -0.3 is 10.2 Å². The average molecular weight is 180 g/mol. The zero-order chi connectivity index (χ0) is 9.00. The van der Waals surface area contributed by atoms with Crippen LogP contribution >= 0.6 is 0 Å². The number of hydrogen-bond donors (Lipinski definition) is 1. The van der Waals surface area contributed by atoms with E-state index in [1.807, 2.05) is 0 Å². The van der Waals surface area contributed by atoms with Crippen molar-refractivity contribution < 1.29 is 4.79 Å². The van der Waals surface area contributed by atoms with Crippen LogP contribution in [0.2, 0.25) is 0 Å². The molecule has 3 nitrogen and oxygen atoms in total. The van der Waals surface area contributed by atoms with E-state index >= 15 is 0 Å². The normalized spacial score (nSPS) is 47.0. The molecular weight excluding hydrogens is 164 g/mol. The monoisotopic (exact) mass is 180 g/mol. The SMILES string of the molecule is C[C@@H]1C[C@H]1C(=O)N1C[C@H]2C[C@@H](C1)N2. The van der Waals surface area contributed by atoms with E-state index in [0.29, 0.717) is 29.8 Å². The van der Waals surface area contributed by atoms with Crippen LogP contribution in [0.4, 0.5) is 0 Å². The molecule has 4 rings (SSSR count). The zero-order valence-electron chi connectivity index (χ0n) is 7.99. The van der Waals surface area contributed by atoms with Crippen molar-refractivity contribution in [2.24, 2.45) is 11.8 Å². The van der Waals surface area contributed by atoms with E-state index in [1.165, 1.54) is 6.42 Å². The van der Waals surface area contributed by atoms with Gasteiger partial charge in [-0.3, -0.25) is 4.79 Å². The van der Waals surface area contributed by atoms with Crippen LogP contribution in [-0.2, 0) is 4.79 Å². The van der Waals surface area contributed by atoms with Crippen molar-refractivity contribution in [3.05, 3.63) is 0 Å². The summed E-state index contributed by atoms with van der Waals surface area (Å²) < 4.78 is 0. The molecule has 4 aliphatic rings. The highest BCUT2D eigenvalue weighted by Crippen LogP contribution is 2.40. The van der Waals surface area contributed by atoms with Crippen molar-refractivity contribution in [3.63, 3.8) is 0 Å². The minimum atomic E-state index is 0.373. The molecule has 1 N–H and O–H groups in total. The summed E-state index contributed by atoms with van der Waals surface area (Å²) >= 11 is 0. The lowest BCUT2D eigenvalue weighted by atomic mass is 9.91. The lowest BCUT2D eigenvalue weighted by Gasteiger charge is -2.48. The highest BCUT2D eigenvalue weighted by molar-refractivity contribution is 5.82. The second-order valence-electron chi connectivity index (χ2n) is 4.86. The third kappa shape index (κ3) is 1.17. The third-order valence-corrected chi connectivity index (χ3v) is 3.66. The molecule has 0 unspecified atom stereocenters. The largest absolute Gasteiger partial charge is 0.339 e. The number of carbonyl (C=O) groups excluding carboxylic acids is 1. The average Bonchev–Trinajstić information content (AvgIpc) is 2.80. The fourth-order valence-electron chi connectivity index (χ4n) is 2.59. The van der Waals surface area contributed by atoms with Crippen molar-refractivity contribution >= 4 is 5.91 Å². The van der Waals surface area contributed by atoms with Crippen LogP contribution in [0.5, 0.6) is 0 Å². The van der Waals surface area contributed by atoms with Crippen molar-refractivity contribution in [2.75, 3.05) is 13.1 Å². The van der Waals surface area contributed by atoms with Gasteiger partial charge in [0, 0.05) is 31.1 Å². The predicted octanol–water partition coefficient (Wildman–Crippen LogP) is 0.215. The maximum Gasteiger partial charge on any atom is 0.226 e. The topological polar surface area (TPSA) is 32.3 Å². The molecule has 0 aromatic carbocycles. The van der Waals surface area contributed by atoms with Gasteiger partial charge in [0.1, 0.15) is 0 Å². The Morgan fingerprint density at radius 3 is 2.31 bits per heavy atom. The molecule has 1 saturated carbocycles. The molecule has 0 radical (unpaired) electrons. The summed E-state index contributed by atoms with van der Waals surface area (Å²) in [6.07, 6.45) is 2.40. The fraction of sp³-hybridized carbons (Fsp3) is 0.900. The van der Waals surface area contributed by atoms with Crippen molar-refractivity contribution in [3.8, 4) is 0 Å². The number of fused-ring (bicyclic) bond motifs is 2. The maximum atomic E-state index is 11.8. The molecule has 13 heavy (non-hydrogen) atoms. The number of piperidine rings is 1. The van der Waals surface area contributed by atoms with E-state index in [9.17, 15) is 4.79 Å². The Kier molecular flexibility index (Phi) is 1.48. The van der Waals surface area contributed by atoms with Gasteiger partial charge in [-0.25, -0.2) is 0 Å². The van der Waals surface area contributed by atoms with Crippen LogP contribution in [0.1, 0.15) is 19.8 Å². The van der Waals surface area contributed by atoms with E-state index in [0.717, 1.165) is 19.5 Å². The molecule has 0 aromatic rings. The first-order valence-electron chi connectivity index (χ1n) is 5.29. The number of carbonyl (C=O) groups is 1. The third-order valence-electron chi connectivity index (χ3n) is 3.66. The quantitative estimate of drug-likeness (QED) is 0.626. The first kappa shape index (κ1) is 7.80. The Hall–Kier alpha value is -0.570. The van der Waals surface area contributed by atoms with Crippen LogP contribution in [0.15, 0.2) is 0 Å². The molecule has 72 valence electrons. The molecule has 0 aromatic heterocycles. The second kappa shape index (κ2) is 2.47. The van der Waals surface area contributed by atoms with Crippen LogP contribution in [-0.4, -0.2) is 36.0 Å². The molecule has 3 heterocycles. The van der Waals surface area contributed by atoms with Crippen LogP contribution in [0, 0.1) is 11.8 Å². The summed E-state index contributed by atoms with van der Waals surface area (Å²) in [7, 11) is 0. The zero-order valence-corrected chi connectivity index (χ0v) is 7.99. The van der Waals surface area contributed by atoms with Gasteiger partial charge in [0.15, 0.2) is 0 Å². The number of hydrogen-bond acceptors (Lipinski definition) is 2.